The van der Waals surface area contributed by atoms with E-state index in [0.29, 0.717) is 37.3 Å². The molecule has 0 atom stereocenters. The lowest BCUT2D eigenvalue weighted by molar-refractivity contribution is -0.142. The maximum atomic E-state index is 11.4. The van der Waals surface area contributed by atoms with Crippen molar-refractivity contribution in [2.45, 2.75) is 19.8 Å². The fourth-order valence-corrected chi connectivity index (χ4v) is 2.98. The lowest BCUT2D eigenvalue weighted by Crippen LogP contribution is -2.36. The molecule has 7 nitrogen and oxygen atoms in total. The van der Waals surface area contributed by atoms with E-state index in [4.69, 9.17) is 5.11 Å². The zero-order chi connectivity index (χ0) is 15.9. The van der Waals surface area contributed by atoms with Gasteiger partial charge in [-0.2, -0.15) is 0 Å². The van der Waals surface area contributed by atoms with Crippen molar-refractivity contribution >= 4 is 23.3 Å². The van der Waals surface area contributed by atoms with Crippen molar-refractivity contribution in [2.75, 3.05) is 18.0 Å². The fraction of sp³-hybridized carbons (Fsp3) is 0.400. The van der Waals surface area contributed by atoms with E-state index in [2.05, 4.69) is 9.88 Å². The highest BCUT2D eigenvalue weighted by Crippen LogP contribution is 2.25. The van der Waals surface area contributed by atoms with Gasteiger partial charge in [-0.25, -0.2) is 9.78 Å². The van der Waals surface area contributed by atoms with E-state index in [1.54, 1.807) is 23.6 Å². The molecular formula is C15H17N3O4. The Labute approximate surface area is 126 Å². The molecule has 1 saturated heterocycles. The van der Waals surface area contributed by atoms with Crippen LogP contribution >= 0.6 is 0 Å². The summed E-state index contributed by atoms with van der Waals surface area (Å²) in [6.45, 7) is 2.98. The van der Waals surface area contributed by atoms with E-state index < -0.39 is 11.9 Å². The number of imidazole rings is 1. The summed E-state index contributed by atoms with van der Waals surface area (Å²) in [5.41, 5.74) is 2.13. The first kappa shape index (κ1) is 14.4. The lowest BCUT2D eigenvalue weighted by atomic mass is 9.97. The number of anilines is 1. The van der Waals surface area contributed by atoms with Crippen molar-refractivity contribution in [1.82, 2.24) is 9.38 Å². The van der Waals surface area contributed by atoms with Crippen LogP contribution in [0, 0.1) is 12.8 Å². The number of aromatic carboxylic acids is 1. The van der Waals surface area contributed by atoms with Crippen molar-refractivity contribution < 1.29 is 19.8 Å². The Bertz CT molecular complexity index is 745. The smallest absolute Gasteiger partial charge is 0.354 e. The van der Waals surface area contributed by atoms with Gasteiger partial charge >= 0.3 is 11.9 Å². The summed E-state index contributed by atoms with van der Waals surface area (Å²) >= 11 is 0. The molecule has 3 heterocycles. The molecule has 1 aliphatic heterocycles. The van der Waals surface area contributed by atoms with Crippen molar-refractivity contribution in [3.05, 3.63) is 29.7 Å². The number of nitrogens with zero attached hydrogens (tertiary/aromatic N) is 3. The topological polar surface area (TPSA) is 95.1 Å². The highest BCUT2D eigenvalue weighted by atomic mass is 16.4. The highest BCUT2D eigenvalue weighted by Gasteiger charge is 2.25. The summed E-state index contributed by atoms with van der Waals surface area (Å²) < 4.78 is 1.58. The summed E-state index contributed by atoms with van der Waals surface area (Å²) in [5, 5.41) is 18.4. The lowest BCUT2D eigenvalue weighted by Gasteiger charge is -2.31. The zero-order valence-electron chi connectivity index (χ0n) is 12.2. The first-order valence-corrected chi connectivity index (χ1v) is 7.17. The molecule has 2 aromatic rings. The van der Waals surface area contributed by atoms with Crippen LogP contribution in [0.15, 0.2) is 18.3 Å². The van der Waals surface area contributed by atoms with Gasteiger partial charge in [-0.05, 0) is 31.9 Å². The number of aliphatic carboxylic acids is 1. The maximum absolute atomic E-state index is 11.4. The van der Waals surface area contributed by atoms with Gasteiger partial charge in [0.05, 0.1) is 17.3 Å². The van der Waals surface area contributed by atoms with Gasteiger partial charge in [0.15, 0.2) is 5.69 Å². The van der Waals surface area contributed by atoms with Gasteiger partial charge in [0.1, 0.15) is 5.65 Å². The molecule has 0 spiro atoms. The zero-order valence-corrected chi connectivity index (χ0v) is 12.2. The van der Waals surface area contributed by atoms with Crippen molar-refractivity contribution in [3.63, 3.8) is 0 Å². The molecule has 22 heavy (non-hydrogen) atoms. The number of rotatable bonds is 3. The Morgan fingerprint density at radius 3 is 2.50 bits per heavy atom. The minimum atomic E-state index is -1.01. The number of hydrogen-bond donors (Lipinski definition) is 2. The van der Waals surface area contributed by atoms with E-state index in [9.17, 15) is 14.7 Å². The third kappa shape index (κ3) is 2.38. The number of carboxylic acid groups (broad SMARTS) is 2. The molecule has 0 saturated carbocycles. The first-order chi connectivity index (χ1) is 10.5. The van der Waals surface area contributed by atoms with Gasteiger partial charge < -0.3 is 15.1 Å². The Hall–Kier alpha value is -2.57. The second-order valence-corrected chi connectivity index (χ2v) is 5.57. The van der Waals surface area contributed by atoms with E-state index in [-0.39, 0.29) is 11.6 Å². The number of carbonyl (C=O) groups is 2. The van der Waals surface area contributed by atoms with E-state index >= 15 is 0 Å². The van der Waals surface area contributed by atoms with Crippen LogP contribution in [-0.4, -0.2) is 44.6 Å². The van der Waals surface area contributed by atoms with Crippen LogP contribution in [0.1, 0.15) is 29.0 Å². The number of piperidine rings is 1. The predicted octanol–water partition coefficient (Wildman–Crippen LogP) is 1.64. The number of aryl methyl sites for hydroxylation is 1. The largest absolute Gasteiger partial charge is 0.481 e. The van der Waals surface area contributed by atoms with Gasteiger partial charge in [-0.3, -0.25) is 9.20 Å². The second-order valence-electron chi connectivity index (χ2n) is 5.57. The van der Waals surface area contributed by atoms with Crippen molar-refractivity contribution in [1.29, 1.82) is 0 Å². The Morgan fingerprint density at radius 2 is 1.91 bits per heavy atom. The van der Waals surface area contributed by atoms with Crippen LogP contribution in [0.3, 0.4) is 0 Å². The number of fused-ring (bicyclic) bond motifs is 1. The van der Waals surface area contributed by atoms with Crippen LogP contribution in [0.25, 0.3) is 5.65 Å². The van der Waals surface area contributed by atoms with Crippen molar-refractivity contribution in [2.24, 2.45) is 5.92 Å². The summed E-state index contributed by atoms with van der Waals surface area (Å²) in [6.07, 6.45) is 2.96. The molecule has 1 aliphatic rings. The molecule has 0 bridgehead atoms. The molecule has 0 amide bonds. The predicted molar refractivity (Wildman–Crippen MR) is 79.5 cm³/mol. The summed E-state index contributed by atoms with van der Waals surface area (Å²) in [6, 6.07) is 3.69. The Kier molecular flexibility index (Phi) is 3.48. The molecule has 7 heteroatoms. The SMILES string of the molecule is Cc1nc2ccc(N3CCC(C(=O)O)CC3)cn2c1C(=O)O. The molecule has 0 aromatic carbocycles. The molecular weight excluding hydrogens is 286 g/mol. The van der Waals surface area contributed by atoms with Gasteiger partial charge in [-0.15, -0.1) is 0 Å². The molecule has 0 aliphatic carbocycles. The maximum Gasteiger partial charge on any atom is 0.354 e. The van der Waals surface area contributed by atoms with Crippen molar-refractivity contribution in [3.8, 4) is 0 Å². The Morgan fingerprint density at radius 1 is 1.23 bits per heavy atom. The standard InChI is InChI=1S/C15H17N3O4/c1-9-13(15(21)22)18-8-11(2-3-12(18)16-9)17-6-4-10(5-7-17)14(19)20/h2-3,8,10H,4-7H2,1H3,(H,19,20)(H,21,22). The van der Waals surface area contributed by atoms with E-state index in [1.165, 1.54) is 0 Å². The molecule has 0 radical (unpaired) electrons. The summed E-state index contributed by atoms with van der Waals surface area (Å²) in [7, 11) is 0. The van der Waals surface area contributed by atoms with E-state index in [0.717, 1.165) is 5.69 Å². The minimum Gasteiger partial charge on any atom is -0.481 e. The van der Waals surface area contributed by atoms with Crippen LogP contribution in [0.2, 0.25) is 0 Å². The monoisotopic (exact) mass is 303 g/mol. The third-order valence-electron chi connectivity index (χ3n) is 4.19. The first-order valence-electron chi connectivity index (χ1n) is 7.17. The number of carboxylic acids is 2. The molecule has 116 valence electrons. The van der Waals surface area contributed by atoms with Gasteiger partial charge in [-0.1, -0.05) is 0 Å². The molecule has 3 rings (SSSR count). The van der Waals surface area contributed by atoms with Gasteiger partial charge in [0.2, 0.25) is 0 Å². The minimum absolute atomic E-state index is 0.164. The number of pyridine rings is 1. The van der Waals surface area contributed by atoms with Gasteiger partial charge in [0, 0.05) is 19.3 Å². The van der Waals surface area contributed by atoms with Crippen LogP contribution in [0.4, 0.5) is 5.69 Å². The number of aromatic nitrogens is 2. The second kappa shape index (κ2) is 5.32. The summed E-state index contributed by atoms with van der Waals surface area (Å²) in [4.78, 5) is 28.7. The third-order valence-corrected chi connectivity index (χ3v) is 4.19. The fourth-order valence-electron chi connectivity index (χ4n) is 2.98. The molecule has 1 fully saturated rings. The molecule has 2 N–H and O–H groups in total. The summed E-state index contributed by atoms with van der Waals surface area (Å²) in [5.74, 6) is -2.04. The van der Waals surface area contributed by atoms with E-state index in [1.807, 2.05) is 6.07 Å². The van der Waals surface area contributed by atoms with Crippen LogP contribution in [0.5, 0.6) is 0 Å². The molecule has 0 unspecified atom stereocenters. The van der Waals surface area contributed by atoms with Gasteiger partial charge in [0.25, 0.3) is 0 Å². The Balaban J connectivity index is 1.91. The van der Waals surface area contributed by atoms with Crippen LogP contribution in [-0.2, 0) is 4.79 Å². The quantitative estimate of drug-likeness (QED) is 0.895. The number of hydrogen-bond acceptors (Lipinski definition) is 4. The molecule has 2 aromatic heterocycles. The highest BCUT2D eigenvalue weighted by molar-refractivity contribution is 5.88. The normalized spacial score (nSPS) is 16.1. The average molecular weight is 303 g/mol. The average Bonchev–Trinajstić information content (AvgIpc) is 2.82. The van der Waals surface area contributed by atoms with Crippen LogP contribution < -0.4 is 4.90 Å².